The van der Waals surface area contributed by atoms with Crippen molar-refractivity contribution in [3.05, 3.63) is 36.7 Å². The van der Waals surface area contributed by atoms with Crippen LogP contribution in [0.3, 0.4) is 0 Å². The minimum Gasteiger partial charge on any atom is -0.317 e. The van der Waals surface area contributed by atoms with E-state index < -0.39 is 0 Å². The molecule has 6 nitrogen and oxygen atoms in total. The number of nitrogens with one attached hydrogen (secondary N) is 2. The summed E-state index contributed by atoms with van der Waals surface area (Å²) in [5, 5.41) is 14.0. The van der Waals surface area contributed by atoms with Crippen LogP contribution in [0.1, 0.15) is 12.8 Å². The number of rotatable bonds is 3. The van der Waals surface area contributed by atoms with Crippen LogP contribution < -0.4 is 10.6 Å². The number of hydrogen-bond donors (Lipinski definition) is 2. The van der Waals surface area contributed by atoms with Crippen LogP contribution in [0.25, 0.3) is 5.69 Å². The van der Waals surface area contributed by atoms with Gasteiger partial charge in [0.15, 0.2) is 0 Å². The van der Waals surface area contributed by atoms with E-state index in [2.05, 4.69) is 20.8 Å². The Morgan fingerprint density at radius 3 is 2.67 bits per heavy atom. The van der Waals surface area contributed by atoms with Crippen molar-refractivity contribution < 1.29 is 4.79 Å². The Balaban J connectivity index is 0.00000161. The molecule has 0 atom stereocenters. The van der Waals surface area contributed by atoms with Crippen LogP contribution in [0.5, 0.6) is 0 Å². The molecular weight excluding hydrogens is 290 g/mol. The molecule has 0 bridgehead atoms. The summed E-state index contributed by atoms with van der Waals surface area (Å²) in [6.45, 7) is 1.78. The van der Waals surface area contributed by atoms with E-state index in [9.17, 15) is 4.79 Å². The van der Waals surface area contributed by atoms with Gasteiger partial charge in [-0.3, -0.25) is 14.7 Å². The highest BCUT2D eigenvalue weighted by Crippen LogP contribution is 2.16. The molecule has 0 radical (unpaired) electrons. The van der Waals surface area contributed by atoms with Crippen LogP contribution in [0, 0.1) is 5.92 Å². The Morgan fingerprint density at radius 2 is 1.95 bits per heavy atom. The number of aromatic nitrogens is 3. The van der Waals surface area contributed by atoms with Crippen LogP contribution in [0.4, 0.5) is 5.95 Å². The molecule has 1 fully saturated rings. The molecule has 2 aromatic rings. The lowest BCUT2D eigenvalue weighted by atomic mass is 9.97. The molecule has 3 rings (SSSR count). The smallest absolute Gasteiger partial charge is 0.235 e. The van der Waals surface area contributed by atoms with Crippen LogP contribution in [-0.2, 0) is 4.79 Å². The number of para-hydroxylation sites is 1. The average molecular weight is 308 g/mol. The van der Waals surface area contributed by atoms with Gasteiger partial charge in [-0.1, -0.05) is 18.2 Å². The highest BCUT2D eigenvalue weighted by atomic mass is 35.5. The Kier molecular flexibility index (Phi) is 5.30. The summed E-state index contributed by atoms with van der Waals surface area (Å²) >= 11 is 0. The van der Waals surface area contributed by atoms with Gasteiger partial charge in [-0.25, -0.2) is 0 Å². The van der Waals surface area contributed by atoms with Crippen LogP contribution in [0.2, 0.25) is 0 Å². The van der Waals surface area contributed by atoms with E-state index in [4.69, 9.17) is 0 Å². The van der Waals surface area contributed by atoms with Gasteiger partial charge in [-0.2, -0.15) is 0 Å². The Bertz CT molecular complexity index is 580. The molecule has 0 spiro atoms. The molecule has 7 heteroatoms. The van der Waals surface area contributed by atoms with Gasteiger partial charge in [0.05, 0.1) is 5.69 Å². The fourth-order valence-corrected chi connectivity index (χ4v) is 2.39. The zero-order valence-corrected chi connectivity index (χ0v) is 12.3. The highest BCUT2D eigenvalue weighted by molar-refractivity contribution is 5.91. The molecule has 1 aliphatic rings. The molecule has 1 amide bonds. The molecule has 1 aliphatic heterocycles. The second-order valence-electron chi connectivity index (χ2n) is 4.87. The Morgan fingerprint density at radius 1 is 1.24 bits per heavy atom. The fourth-order valence-electron chi connectivity index (χ4n) is 2.39. The predicted octanol–water partition coefficient (Wildman–Crippen LogP) is 1.63. The minimum absolute atomic E-state index is 0. The molecule has 0 unspecified atom stereocenters. The second-order valence-corrected chi connectivity index (χ2v) is 4.87. The summed E-state index contributed by atoms with van der Waals surface area (Å²) in [4.78, 5) is 12.2. The fraction of sp³-hybridized carbons (Fsp3) is 0.357. The summed E-state index contributed by atoms with van der Waals surface area (Å²) in [7, 11) is 0. The van der Waals surface area contributed by atoms with E-state index in [1.54, 1.807) is 10.9 Å². The minimum atomic E-state index is 0. The first-order chi connectivity index (χ1) is 9.84. The van der Waals surface area contributed by atoms with Gasteiger partial charge in [-0.15, -0.1) is 22.6 Å². The van der Waals surface area contributed by atoms with Crippen LogP contribution in [0.15, 0.2) is 36.7 Å². The van der Waals surface area contributed by atoms with Crippen molar-refractivity contribution >= 4 is 24.3 Å². The SMILES string of the molecule is Cl.O=C(Nc1nncn1-c1ccccc1)C1CCNCC1. The van der Waals surface area contributed by atoms with E-state index in [-0.39, 0.29) is 24.2 Å². The Labute approximate surface area is 129 Å². The highest BCUT2D eigenvalue weighted by Gasteiger charge is 2.22. The summed E-state index contributed by atoms with van der Waals surface area (Å²) < 4.78 is 1.78. The number of amides is 1. The second kappa shape index (κ2) is 7.19. The normalized spacial score (nSPS) is 15.2. The van der Waals surface area contributed by atoms with Crippen molar-refractivity contribution in [2.24, 2.45) is 5.92 Å². The number of piperidine rings is 1. The number of hydrogen-bond acceptors (Lipinski definition) is 4. The van der Waals surface area contributed by atoms with Crippen molar-refractivity contribution in [1.29, 1.82) is 0 Å². The number of anilines is 1. The average Bonchev–Trinajstić information content (AvgIpc) is 2.97. The summed E-state index contributed by atoms with van der Waals surface area (Å²) in [6, 6.07) is 9.72. The van der Waals surface area contributed by atoms with Gasteiger partial charge < -0.3 is 5.32 Å². The van der Waals surface area contributed by atoms with E-state index in [0.29, 0.717) is 5.95 Å². The largest absolute Gasteiger partial charge is 0.317 e. The van der Waals surface area contributed by atoms with E-state index in [1.807, 2.05) is 30.3 Å². The zero-order chi connectivity index (χ0) is 13.8. The van der Waals surface area contributed by atoms with Gasteiger partial charge in [0.2, 0.25) is 11.9 Å². The molecule has 2 N–H and O–H groups in total. The summed E-state index contributed by atoms with van der Waals surface area (Å²) in [6.07, 6.45) is 3.34. The van der Waals surface area contributed by atoms with Gasteiger partial charge in [0, 0.05) is 5.92 Å². The monoisotopic (exact) mass is 307 g/mol. The van der Waals surface area contributed by atoms with Crippen LogP contribution >= 0.6 is 12.4 Å². The van der Waals surface area contributed by atoms with Crippen molar-refractivity contribution in [3.63, 3.8) is 0 Å². The first-order valence-electron chi connectivity index (χ1n) is 6.81. The van der Waals surface area contributed by atoms with Gasteiger partial charge in [0.1, 0.15) is 6.33 Å². The van der Waals surface area contributed by atoms with Crippen molar-refractivity contribution in [1.82, 2.24) is 20.1 Å². The maximum Gasteiger partial charge on any atom is 0.235 e. The standard InChI is InChI=1S/C14H17N5O.ClH/c20-13(11-6-8-15-9-7-11)17-14-18-16-10-19(14)12-4-2-1-3-5-12;/h1-5,10-11,15H,6-9H2,(H,17,18,20);1H. The van der Waals surface area contributed by atoms with Gasteiger partial charge in [-0.05, 0) is 38.1 Å². The number of nitrogens with zero attached hydrogens (tertiary/aromatic N) is 3. The maximum atomic E-state index is 12.2. The van der Waals surface area contributed by atoms with Crippen molar-refractivity contribution in [3.8, 4) is 5.69 Å². The quantitative estimate of drug-likeness (QED) is 0.904. The third-order valence-electron chi connectivity index (χ3n) is 3.53. The number of halogens is 1. The molecule has 1 saturated heterocycles. The lowest BCUT2D eigenvalue weighted by Gasteiger charge is -2.21. The molecule has 112 valence electrons. The number of carbonyl (C=O) groups is 1. The third kappa shape index (κ3) is 3.59. The lowest BCUT2D eigenvalue weighted by molar-refractivity contribution is -0.120. The summed E-state index contributed by atoms with van der Waals surface area (Å²) in [5.74, 6) is 0.550. The maximum absolute atomic E-state index is 12.2. The first-order valence-corrected chi connectivity index (χ1v) is 6.81. The number of benzene rings is 1. The topological polar surface area (TPSA) is 71.8 Å². The van der Waals surface area contributed by atoms with Gasteiger partial charge in [0.25, 0.3) is 0 Å². The number of carbonyl (C=O) groups excluding carboxylic acids is 1. The van der Waals surface area contributed by atoms with Crippen LogP contribution in [-0.4, -0.2) is 33.8 Å². The molecule has 21 heavy (non-hydrogen) atoms. The molecule has 0 saturated carbocycles. The summed E-state index contributed by atoms with van der Waals surface area (Å²) in [5.41, 5.74) is 0.929. The zero-order valence-electron chi connectivity index (χ0n) is 11.5. The Hall–Kier alpha value is -1.92. The molecule has 1 aromatic carbocycles. The molecular formula is C14H18ClN5O. The third-order valence-corrected chi connectivity index (χ3v) is 3.53. The molecule has 0 aliphatic carbocycles. The van der Waals surface area contributed by atoms with Crippen molar-refractivity contribution in [2.45, 2.75) is 12.8 Å². The van der Waals surface area contributed by atoms with Crippen molar-refractivity contribution in [2.75, 3.05) is 18.4 Å². The predicted molar refractivity (Wildman–Crippen MR) is 82.8 cm³/mol. The van der Waals surface area contributed by atoms with E-state index in [1.165, 1.54) is 0 Å². The van der Waals surface area contributed by atoms with E-state index in [0.717, 1.165) is 31.6 Å². The first kappa shape index (κ1) is 15.5. The molecule has 1 aromatic heterocycles. The van der Waals surface area contributed by atoms with E-state index >= 15 is 0 Å². The molecule has 2 heterocycles. The van der Waals surface area contributed by atoms with Gasteiger partial charge >= 0.3 is 0 Å². The lowest BCUT2D eigenvalue weighted by Crippen LogP contribution is -2.35.